The Bertz CT molecular complexity index is 2060. The number of aryl methyl sites for hydroxylation is 4. The Kier molecular flexibility index (Phi) is 8.37. The SMILES string of the molecule is Cc1c(CO)n2c3ccc(Cl)c(c13)-c1c(nn(C)c1C)CSCc1cc(n(C)n1)CSc1cc(c3ccccc3c1)OCCC2. The molecule has 7 rings (SSSR count). The molecule has 0 radical (unpaired) electrons. The molecular formula is C35H36ClN5O2S2. The molecule has 0 amide bonds. The molecule has 1 aliphatic heterocycles. The van der Waals surface area contributed by atoms with E-state index in [0.29, 0.717) is 18.2 Å². The number of aliphatic hydroxyl groups excluding tert-OH is 1. The fourth-order valence-electron chi connectivity index (χ4n) is 6.51. The largest absolute Gasteiger partial charge is 0.493 e. The average molecular weight is 658 g/mol. The van der Waals surface area contributed by atoms with E-state index in [1.54, 1.807) is 11.8 Å². The molecule has 8 bridgehead atoms. The summed E-state index contributed by atoms with van der Waals surface area (Å²) in [5, 5.41) is 24.4. The van der Waals surface area contributed by atoms with Crippen LogP contribution in [0.5, 0.6) is 5.75 Å². The summed E-state index contributed by atoms with van der Waals surface area (Å²) in [7, 11) is 4.01. The number of aromatic nitrogens is 5. The molecule has 0 aliphatic carbocycles. The average Bonchev–Trinajstić information content (AvgIpc) is 3.63. The van der Waals surface area contributed by atoms with Gasteiger partial charge in [0.1, 0.15) is 5.75 Å². The normalized spacial score (nSPS) is 14.4. The van der Waals surface area contributed by atoms with E-state index in [9.17, 15) is 5.11 Å². The first-order valence-electron chi connectivity index (χ1n) is 15.2. The van der Waals surface area contributed by atoms with E-state index in [1.165, 1.54) is 16.0 Å². The van der Waals surface area contributed by atoms with E-state index in [-0.39, 0.29) is 6.61 Å². The Balaban J connectivity index is 1.34. The summed E-state index contributed by atoms with van der Waals surface area (Å²) < 4.78 is 12.7. The van der Waals surface area contributed by atoms with Gasteiger partial charge in [-0.1, -0.05) is 35.9 Å². The van der Waals surface area contributed by atoms with Crippen LogP contribution in [0.1, 0.15) is 40.5 Å². The molecule has 4 heterocycles. The number of fused-ring (bicyclic) bond motifs is 8. The van der Waals surface area contributed by atoms with Crippen LogP contribution in [0.3, 0.4) is 0 Å². The third-order valence-electron chi connectivity index (χ3n) is 8.85. The molecule has 0 fully saturated rings. The van der Waals surface area contributed by atoms with Gasteiger partial charge in [-0.3, -0.25) is 9.36 Å². The molecule has 0 saturated carbocycles. The second kappa shape index (κ2) is 12.4. The predicted octanol–water partition coefficient (Wildman–Crippen LogP) is 8.20. The summed E-state index contributed by atoms with van der Waals surface area (Å²) in [6, 6.07) is 19.1. The molecule has 6 aromatic rings. The Morgan fingerprint density at radius 3 is 2.64 bits per heavy atom. The number of rotatable bonds is 1. The molecule has 232 valence electrons. The maximum Gasteiger partial charge on any atom is 0.128 e. The number of aliphatic hydroxyl groups is 1. The highest BCUT2D eigenvalue weighted by Crippen LogP contribution is 2.43. The van der Waals surface area contributed by atoms with Gasteiger partial charge >= 0.3 is 0 Å². The number of benzene rings is 3. The van der Waals surface area contributed by atoms with Crippen LogP contribution in [0.25, 0.3) is 32.8 Å². The minimum Gasteiger partial charge on any atom is -0.493 e. The first-order valence-corrected chi connectivity index (χ1v) is 17.7. The van der Waals surface area contributed by atoms with Crippen LogP contribution in [-0.4, -0.2) is 35.8 Å². The first-order chi connectivity index (χ1) is 21.8. The van der Waals surface area contributed by atoms with Crippen molar-refractivity contribution in [3.63, 3.8) is 0 Å². The maximum atomic E-state index is 10.6. The first kappa shape index (κ1) is 30.3. The van der Waals surface area contributed by atoms with Gasteiger partial charge in [0.15, 0.2) is 0 Å². The van der Waals surface area contributed by atoms with Crippen molar-refractivity contribution in [3.05, 3.63) is 93.7 Å². The smallest absolute Gasteiger partial charge is 0.128 e. The van der Waals surface area contributed by atoms with Gasteiger partial charge in [-0.15, -0.1) is 23.5 Å². The Morgan fingerprint density at radius 2 is 1.80 bits per heavy atom. The summed E-state index contributed by atoms with van der Waals surface area (Å²) in [6.07, 6.45) is 0.783. The Hall–Kier alpha value is -3.37. The van der Waals surface area contributed by atoms with Crippen molar-refractivity contribution >= 4 is 56.8 Å². The number of ether oxygens (including phenoxy) is 1. The van der Waals surface area contributed by atoms with Crippen molar-refractivity contribution in [1.82, 2.24) is 24.1 Å². The van der Waals surface area contributed by atoms with Gasteiger partial charge in [0, 0.05) is 92.3 Å². The summed E-state index contributed by atoms with van der Waals surface area (Å²) in [5.74, 6) is 3.22. The van der Waals surface area contributed by atoms with E-state index in [1.807, 2.05) is 41.3 Å². The van der Waals surface area contributed by atoms with Gasteiger partial charge in [0.25, 0.3) is 0 Å². The lowest BCUT2D eigenvalue weighted by atomic mass is 9.97. The van der Waals surface area contributed by atoms with Crippen molar-refractivity contribution < 1.29 is 9.84 Å². The van der Waals surface area contributed by atoms with Crippen LogP contribution in [0.2, 0.25) is 5.02 Å². The molecule has 0 atom stereocenters. The quantitative estimate of drug-likeness (QED) is 0.192. The van der Waals surface area contributed by atoms with E-state index in [2.05, 4.69) is 66.9 Å². The van der Waals surface area contributed by atoms with Crippen molar-refractivity contribution in [2.24, 2.45) is 14.1 Å². The highest BCUT2D eigenvalue weighted by Gasteiger charge is 2.25. The lowest BCUT2D eigenvalue weighted by Crippen LogP contribution is -2.08. The van der Waals surface area contributed by atoms with Crippen molar-refractivity contribution in [3.8, 4) is 16.9 Å². The molecule has 45 heavy (non-hydrogen) atoms. The molecule has 10 heteroatoms. The third kappa shape index (κ3) is 5.54. The zero-order chi connectivity index (χ0) is 31.2. The summed E-state index contributed by atoms with van der Waals surface area (Å²) in [5.41, 5.74) is 9.39. The van der Waals surface area contributed by atoms with Gasteiger partial charge in [0.2, 0.25) is 0 Å². The second-order valence-corrected chi connectivity index (χ2v) is 14.0. The Labute approximate surface area is 276 Å². The molecule has 7 nitrogen and oxygen atoms in total. The zero-order valence-electron chi connectivity index (χ0n) is 25.9. The highest BCUT2D eigenvalue weighted by molar-refractivity contribution is 7.98. The molecule has 3 aromatic carbocycles. The second-order valence-electron chi connectivity index (χ2n) is 11.6. The van der Waals surface area contributed by atoms with Gasteiger partial charge in [-0.25, -0.2) is 0 Å². The molecule has 0 spiro atoms. The van der Waals surface area contributed by atoms with Crippen molar-refractivity contribution in [2.75, 3.05) is 6.61 Å². The van der Waals surface area contributed by atoms with Crippen LogP contribution in [0.15, 0.2) is 59.5 Å². The molecule has 3 aromatic heterocycles. The molecule has 1 N–H and O–H groups in total. The van der Waals surface area contributed by atoms with Gasteiger partial charge in [-0.05, 0) is 61.5 Å². The maximum absolute atomic E-state index is 10.6. The lowest BCUT2D eigenvalue weighted by molar-refractivity contribution is 0.265. The predicted molar refractivity (Wildman–Crippen MR) is 186 cm³/mol. The van der Waals surface area contributed by atoms with Crippen molar-refractivity contribution in [2.45, 2.75) is 55.6 Å². The molecule has 0 unspecified atom stereocenters. The number of thioether (sulfide) groups is 2. The fraction of sp³-hybridized carbons (Fsp3) is 0.314. The molecule has 0 saturated heterocycles. The van der Waals surface area contributed by atoms with Crippen LogP contribution >= 0.6 is 35.1 Å². The number of hydrogen-bond donors (Lipinski definition) is 1. The summed E-state index contributed by atoms with van der Waals surface area (Å²) in [6.45, 7) is 5.41. The minimum atomic E-state index is -0.0525. The van der Waals surface area contributed by atoms with Crippen molar-refractivity contribution in [1.29, 1.82) is 0 Å². The standard InChI is InChI=1S/C35H36ClN5O2S2/c1-21-31(17-42)41-12-7-13-43-32-16-26(14-23-8-5-6-9-27(23)32)45-19-25-15-24(37-40(25)4)18-44-20-29-34(22(2)39(3)38-29)35-28(36)10-11-30(41)33(21)35/h5-6,8-11,14-16,42H,7,12-13,17-20H2,1-4H3. The van der Waals surface area contributed by atoms with Crippen LogP contribution < -0.4 is 4.74 Å². The summed E-state index contributed by atoms with van der Waals surface area (Å²) >= 11 is 10.6. The fourth-order valence-corrected chi connectivity index (χ4v) is 8.60. The van der Waals surface area contributed by atoms with Gasteiger partial charge in [-0.2, -0.15) is 10.2 Å². The van der Waals surface area contributed by atoms with E-state index in [0.717, 1.165) is 85.2 Å². The highest BCUT2D eigenvalue weighted by atomic mass is 35.5. The number of nitrogens with zero attached hydrogens (tertiary/aromatic N) is 5. The van der Waals surface area contributed by atoms with Crippen LogP contribution in [0, 0.1) is 13.8 Å². The van der Waals surface area contributed by atoms with E-state index in [4.69, 9.17) is 26.5 Å². The number of halogens is 1. The zero-order valence-corrected chi connectivity index (χ0v) is 28.3. The van der Waals surface area contributed by atoms with E-state index >= 15 is 0 Å². The van der Waals surface area contributed by atoms with Gasteiger partial charge < -0.3 is 14.4 Å². The van der Waals surface area contributed by atoms with Crippen LogP contribution in [-0.2, 0) is 44.5 Å². The summed E-state index contributed by atoms with van der Waals surface area (Å²) in [4.78, 5) is 1.17. The molecule has 1 aliphatic rings. The topological polar surface area (TPSA) is 70.0 Å². The van der Waals surface area contributed by atoms with Crippen LogP contribution in [0.4, 0.5) is 0 Å². The number of hydrogen-bond acceptors (Lipinski definition) is 6. The minimum absolute atomic E-state index is 0.0525. The third-order valence-corrected chi connectivity index (χ3v) is 11.1. The lowest BCUT2D eigenvalue weighted by Gasteiger charge is -2.14. The van der Waals surface area contributed by atoms with Gasteiger partial charge in [0.05, 0.1) is 24.6 Å². The molecular weight excluding hydrogens is 622 g/mol. The Morgan fingerprint density at radius 1 is 0.956 bits per heavy atom. The monoisotopic (exact) mass is 657 g/mol. The van der Waals surface area contributed by atoms with E-state index < -0.39 is 0 Å².